The number of pyridine rings is 1. The second-order valence-corrected chi connectivity index (χ2v) is 5.04. The van der Waals surface area contributed by atoms with Gasteiger partial charge in [-0.25, -0.2) is 9.86 Å². The number of hydrogen-bond acceptors (Lipinski definition) is 3. The third kappa shape index (κ3) is 2.77. The molecule has 0 radical (unpaired) electrons. The molecule has 0 bridgehead atoms. The minimum Gasteiger partial charge on any atom is -0.350 e. The monoisotopic (exact) mass is 296 g/mol. The Labute approximate surface area is 127 Å². The maximum atomic E-state index is 11.1. The molecule has 6 nitrogen and oxygen atoms in total. The molecular weight excluding hydrogens is 280 g/mol. The van der Waals surface area contributed by atoms with Crippen LogP contribution in [0.2, 0.25) is 0 Å². The van der Waals surface area contributed by atoms with Crippen molar-refractivity contribution < 1.29 is 10.0 Å². The second-order valence-electron chi connectivity index (χ2n) is 5.04. The summed E-state index contributed by atoms with van der Waals surface area (Å²) in [5, 5.41) is 11.2. The lowest BCUT2D eigenvalue weighted by atomic mass is 10.2. The number of urea groups is 1. The normalized spacial score (nSPS) is 10.8. The average molecular weight is 296 g/mol. The van der Waals surface area contributed by atoms with Crippen LogP contribution in [-0.4, -0.2) is 25.9 Å². The molecule has 0 unspecified atom stereocenters. The van der Waals surface area contributed by atoms with Crippen molar-refractivity contribution >= 4 is 16.9 Å². The molecule has 6 heteroatoms. The fraction of sp³-hybridized carbons (Fsp3) is 0.125. The molecule has 0 saturated carbocycles. The predicted molar refractivity (Wildman–Crippen MR) is 82.2 cm³/mol. The van der Waals surface area contributed by atoms with Crippen molar-refractivity contribution in [3.05, 3.63) is 66.1 Å². The van der Waals surface area contributed by atoms with Crippen molar-refractivity contribution in [2.24, 2.45) is 5.73 Å². The molecule has 0 atom stereocenters. The van der Waals surface area contributed by atoms with Crippen LogP contribution in [0.3, 0.4) is 0 Å². The van der Waals surface area contributed by atoms with Gasteiger partial charge in [-0.1, -0.05) is 24.3 Å². The van der Waals surface area contributed by atoms with Crippen molar-refractivity contribution in [2.45, 2.75) is 13.1 Å². The number of rotatable bonds is 4. The highest BCUT2D eigenvalue weighted by Crippen LogP contribution is 2.22. The Morgan fingerprint density at radius 1 is 1.27 bits per heavy atom. The highest BCUT2D eigenvalue weighted by atomic mass is 16.5. The summed E-state index contributed by atoms with van der Waals surface area (Å²) in [7, 11) is 0. The summed E-state index contributed by atoms with van der Waals surface area (Å²) < 4.78 is 2.04. The van der Waals surface area contributed by atoms with Gasteiger partial charge in [0.05, 0.1) is 6.54 Å². The molecule has 22 heavy (non-hydrogen) atoms. The number of primary amides is 1. The number of aromatic nitrogens is 2. The summed E-state index contributed by atoms with van der Waals surface area (Å²) in [6.45, 7) is 0.633. The van der Waals surface area contributed by atoms with E-state index < -0.39 is 6.03 Å². The van der Waals surface area contributed by atoms with Crippen molar-refractivity contribution in [1.29, 1.82) is 0 Å². The number of benzene rings is 1. The smallest absolute Gasteiger partial charge is 0.338 e. The van der Waals surface area contributed by atoms with E-state index in [9.17, 15) is 10.0 Å². The Balaban J connectivity index is 2.03. The summed E-state index contributed by atoms with van der Waals surface area (Å²) in [6, 6.07) is 12.8. The van der Waals surface area contributed by atoms with E-state index in [1.807, 2.05) is 47.0 Å². The van der Waals surface area contributed by atoms with Crippen molar-refractivity contribution in [2.75, 3.05) is 0 Å². The highest BCUT2D eigenvalue weighted by molar-refractivity contribution is 5.81. The predicted octanol–water partition coefficient (Wildman–Crippen LogP) is 2.35. The molecule has 0 aliphatic heterocycles. The molecule has 3 aromatic rings. The Bertz CT molecular complexity index is 798. The van der Waals surface area contributed by atoms with E-state index in [-0.39, 0.29) is 6.54 Å². The summed E-state index contributed by atoms with van der Waals surface area (Å²) in [5.41, 5.74) is 7.96. The number of fused-ring (bicyclic) bond motifs is 1. The van der Waals surface area contributed by atoms with Gasteiger partial charge in [-0.05, 0) is 29.1 Å². The van der Waals surface area contributed by atoms with Crippen LogP contribution in [0.4, 0.5) is 4.79 Å². The fourth-order valence-corrected chi connectivity index (χ4v) is 2.49. The maximum absolute atomic E-state index is 11.1. The van der Waals surface area contributed by atoms with E-state index in [0.29, 0.717) is 11.6 Å². The van der Waals surface area contributed by atoms with E-state index in [2.05, 4.69) is 4.98 Å². The topological polar surface area (TPSA) is 84.4 Å². The van der Waals surface area contributed by atoms with Crippen molar-refractivity contribution in [3.63, 3.8) is 0 Å². The van der Waals surface area contributed by atoms with Gasteiger partial charge in [-0.3, -0.25) is 10.2 Å². The Hall–Kier alpha value is -2.86. The van der Waals surface area contributed by atoms with Gasteiger partial charge in [-0.15, -0.1) is 0 Å². The van der Waals surface area contributed by atoms with Gasteiger partial charge >= 0.3 is 6.03 Å². The molecule has 3 N–H and O–H groups in total. The molecule has 1 aromatic carbocycles. The molecule has 0 spiro atoms. The van der Waals surface area contributed by atoms with Gasteiger partial charge in [0.25, 0.3) is 0 Å². The summed E-state index contributed by atoms with van der Waals surface area (Å²) in [6.07, 6.45) is 3.52. The zero-order valence-electron chi connectivity index (χ0n) is 11.9. The average Bonchev–Trinajstić information content (AvgIpc) is 2.86. The molecule has 2 amide bonds. The van der Waals surface area contributed by atoms with Crippen molar-refractivity contribution in [1.82, 2.24) is 14.6 Å². The lowest BCUT2D eigenvalue weighted by Crippen LogP contribution is -2.32. The first-order chi connectivity index (χ1) is 10.6. The molecule has 0 fully saturated rings. The summed E-state index contributed by atoms with van der Waals surface area (Å²) in [4.78, 5) is 15.2. The number of carbonyl (C=O) groups is 1. The van der Waals surface area contributed by atoms with Crippen LogP contribution in [-0.2, 0) is 13.1 Å². The van der Waals surface area contributed by atoms with E-state index in [1.54, 1.807) is 12.4 Å². The van der Waals surface area contributed by atoms with Gasteiger partial charge in [-0.2, -0.15) is 0 Å². The second kappa shape index (κ2) is 5.87. The highest BCUT2D eigenvalue weighted by Gasteiger charge is 2.14. The van der Waals surface area contributed by atoms with Crippen LogP contribution in [0.1, 0.15) is 11.3 Å². The number of para-hydroxylation sites is 1. The van der Waals surface area contributed by atoms with E-state index in [4.69, 9.17) is 5.73 Å². The van der Waals surface area contributed by atoms with E-state index in [0.717, 1.165) is 22.2 Å². The molecule has 0 aliphatic rings. The van der Waals surface area contributed by atoms with Crippen molar-refractivity contribution in [3.8, 4) is 0 Å². The summed E-state index contributed by atoms with van der Waals surface area (Å²) in [5.74, 6) is 0. The minimum atomic E-state index is -0.877. The van der Waals surface area contributed by atoms with Gasteiger partial charge in [0.1, 0.15) is 0 Å². The number of carbonyl (C=O) groups excluding carboxylic acids is 1. The maximum Gasteiger partial charge on any atom is 0.338 e. The molecular formula is C16H16N4O2. The first-order valence-electron chi connectivity index (χ1n) is 6.87. The Kier molecular flexibility index (Phi) is 3.76. The third-order valence-electron chi connectivity index (χ3n) is 3.53. The van der Waals surface area contributed by atoms with Crippen LogP contribution < -0.4 is 5.73 Å². The number of hydrogen-bond donors (Lipinski definition) is 2. The lowest BCUT2D eigenvalue weighted by molar-refractivity contribution is -0.0484. The number of nitrogens with zero attached hydrogens (tertiary/aromatic N) is 3. The molecule has 2 heterocycles. The molecule has 3 rings (SSSR count). The standard InChI is InChI=1S/C16H16N4O2/c17-16(21)20(22)11-14-8-13-5-1-2-6-15(13)19(14)10-12-4-3-7-18-9-12/h1-9,22H,10-11H2,(H2,17,21). The van der Waals surface area contributed by atoms with Crippen LogP contribution in [0, 0.1) is 0 Å². The van der Waals surface area contributed by atoms with Crippen LogP contribution in [0.5, 0.6) is 0 Å². The molecule has 0 saturated heterocycles. The molecule has 2 aromatic heterocycles. The lowest BCUT2D eigenvalue weighted by Gasteiger charge is -2.15. The quantitative estimate of drug-likeness (QED) is 0.572. The first kappa shape index (κ1) is 14.1. The van der Waals surface area contributed by atoms with Gasteiger partial charge in [0.2, 0.25) is 0 Å². The van der Waals surface area contributed by atoms with E-state index >= 15 is 0 Å². The Morgan fingerprint density at radius 3 is 2.82 bits per heavy atom. The van der Waals surface area contributed by atoms with Crippen LogP contribution >= 0.6 is 0 Å². The summed E-state index contributed by atoms with van der Waals surface area (Å²) >= 11 is 0. The molecule has 0 aliphatic carbocycles. The number of amides is 2. The number of nitrogens with two attached hydrogens (primary N) is 1. The van der Waals surface area contributed by atoms with E-state index in [1.165, 1.54) is 0 Å². The van der Waals surface area contributed by atoms with Gasteiger partial charge in [0.15, 0.2) is 0 Å². The zero-order chi connectivity index (χ0) is 15.5. The van der Waals surface area contributed by atoms with Crippen LogP contribution in [0.25, 0.3) is 10.9 Å². The zero-order valence-corrected chi connectivity index (χ0v) is 11.9. The molecule has 112 valence electrons. The third-order valence-corrected chi connectivity index (χ3v) is 3.53. The Morgan fingerprint density at radius 2 is 2.09 bits per heavy atom. The largest absolute Gasteiger partial charge is 0.350 e. The fourth-order valence-electron chi connectivity index (χ4n) is 2.49. The van der Waals surface area contributed by atoms with Crippen LogP contribution in [0.15, 0.2) is 54.9 Å². The minimum absolute atomic E-state index is 0.0320. The van der Waals surface area contributed by atoms with Gasteiger partial charge in [0, 0.05) is 30.1 Å². The number of hydroxylamine groups is 2. The first-order valence-corrected chi connectivity index (χ1v) is 6.87. The SMILES string of the molecule is NC(=O)N(O)Cc1cc2ccccc2n1Cc1cccnc1. The van der Waals surface area contributed by atoms with Gasteiger partial charge < -0.3 is 10.3 Å².